The number of aryl methyl sites for hydroxylation is 1. The molecule has 5 heteroatoms. The Bertz CT molecular complexity index is 641. The van der Waals surface area contributed by atoms with Crippen LogP contribution in [0.5, 0.6) is 0 Å². The number of aliphatic hydroxyl groups is 1. The van der Waals surface area contributed by atoms with Gasteiger partial charge in [-0.15, -0.1) is 0 Å². The molecule has 0 bridgehead atoms. The molecular formula is C14H13FN2O2. The number of amides is 1. The summed E-state index contributed by atoms with van der Waals surface area (Å²) in [4.78, 5) is 15.6. The molecule has 4 nitrogen and oxygen atoms in total. The lowest BCUT2D eigenvalue weighted by atomic mass is 9.97. The van der Waals surface area contributed by atoms with Crippen LogP contribution in [0.4, 0.5) is 4.39 Å². The molecule has 1 aromatic heterocycles. The number of carbonyl (C=O) groups excluding carboxylic acids is 1. The Labute approximate surface area is 109 Å². The number of halogens is 1. The average Bonchev–Trinajstić information content (AvgIpc) is 2.37. The first kappa shape index (κ1) is 13.2. The summed E-state index contributed by atoms with van der Waals surface area (Å²) in [5.41, 5.74) is 6.84. The van der Waals surface area contributed by atoms with E-state index >= 15 is 0 Å². The third-order valence-electron chi connectivity index (χ3n) is 2.83. The number of rotatable bonds is 3. The molecular weight excluding hydrogens is 247 g/mol. The van der Waals surface area contributed by atoms with Gasteiger partial charge in [0.05, 0.1) is 23.6 Å². The van der Waals surface area contributed by atoms with Gasteiger partial charge in [0.25, 0.3) is 5.91 Å². The molecule has 0 unspecified atom stereocenters. The number of aromatic nitrogens is 1. The molecule has 1 aromatic carbocycles. The Balaban J connectivity index is 2.77. The van der Waals surface area contributed by atoms with Crippen molar-refractivity contribution < 1.29 is 14.3 Å². The minimum atomic E-state index is -0.673. The van der Waals surface area contributed by atoms with E-state index in [0.717, 1.165) is 0 Å². The minimum Gasteiger partial charge on any atom is -0.390 e. The SMILES string of the molecule is Cc1nc(CO)cc(-c2ccccc2F)c1C(N)=O. The third-order valence-corrected chi connectivity index (χ3v) is 2.83. The lowest BCUT2D eigenvalue weighted by Crippen LogP contribution is -2.16. The second-order valence-corrected chi connectivity index (χ2v) is 4.12. The van der Waals surface area contributed by atoms with Gasteiger partial charge in [-0.2, -0.15) is 0 Å². The molecule has 0 aliphatic heterocycles. The number of carbonyl (C=O) groups is 1. The van der Waals surface area contributed by atoms with E-state index in [9.17, 15) is 9.18 Å². The number of aliphatic hydroxyl groups excluding tert-OH is 1. The maximum Gasteiger partial charge on any atom is 0.251 e. The van der Waals surface area contributed by atoms with Gasteiger partial charge in [-0.3, -0.25) is 9.78 Å². The molecule has 0 atom stereocenters. The average molecular weight is 260 g/mol. The maximum atomic E-state index is 13.9. The summed E-state index contributed by atoms with van der Waals surface area (Å²) >= 11 is 0. The number of benzene rings is 1. The number of hydrogen-bond acceptors (Lipinski definition) is 3. The summed E-state index contributed by atoms with van der Waals surface area (Å²) < 4.78 is 13.9. The normalized spacial score (nSPS) is 10.5. The minimum absolute atomic E-state index is 0.169. The Kier molecular flexibility index (Phi) is 3.57. The largest absolute Gasteiger partial charge is 0.390 e. The van der Waals surface area contributed by atoms with Crippen LogP contribution in [0.25, 0.3) is 11.1 Å². The fourth-order valence-electron chi connectivity index (χ4n) is 2.02. The molecule has 0 fully saturated rings. The van der Waals surface area contributed by atoms with Gasteiger partial charge >= 0.3 is 0 Å². The van der Waals surface area contributed by atoms with Crippen LogP contribution >= 0.6 is 0 Å². The predicted molar refractivity (Wildman–Crippen MR) is 68.8 cm³/mol. The van der Waals surface area contributed by atoms with Crippen LogP contribution in [0.15, 0.2) is 30.3 Å². The first-order valence-corrected chi connectivity index (χ1v) is 5.70. The van der Waals surface area contributed by atoms with E-state index in [1.54, 1.807) is 25.1 Å². The Morgan fingerprint density at radius 1 is 1.37 bits per heavy atom. The second-order valence-electron chi connectivity index (χ2n) is 4.12. The van der Waals surface area contributed by atoms with Crippen LogP contribution in [0.3, 0.4) is 0 Å². The fourth-order valence-corrected chi connectivity index (χ4v) is 2.02. The highest BCUT2D eigenvalue weighted by Gasteiger charge is 2.17. The van der Waals surface area contributed by atoms with Gasteiger partial charge in [-0.25, -0.2) is 4.39 Å². The molecule has 0 saturated carbocycles. The van der Waals surface area contributed by atoms with Gasteiger partial charge in [0.2, 0.25) is 0 Å². The highest BCUT2D eigenvalue weighted by atomic mass is 19.1. The Morgan fingerprint density at radius 2 is 2.05 bits per heavy atom. The standard InChI is InChI=1S/C14H13FN2O2/c1-8-13(14(16)19)11(6-9(7-18)17-8)10-4-2-3-5-12(10)15/h2-6,18H,7H2,1H3,(H2,16,19). The number of primary amides is 1. The van der Waals surface area contributed by atoms with Crippen molar-refractivity contribution in [3.8, 4) is 11.1 Å². The molecule has 0 aliphatic rings. The van der Waals surface area contributed by atoms with Crippen LogP contribution in [0, 0.1) is 12.7 Å². The van der Waals surface area contributed by atoms with E-state index in [0.29, 0.717) is 17.0 Å². The monoisotopic (exact) mass is 260 g/mol. The van der Waals surface area contributed by atoms with E-state index in [1.165, 1.54) is 12.1 Å². The van der Waals surface area contributed by atoms with Gasteiger partial charge in [0.15, 0.2) is 0 Å². The number of nitrogens with zero attached hydrogens (tertiary/aromatic N) is 1. The molecule has 0 saturated heterocycles. The van der Waals surface area contributed by atoms with Crippen molar-refractivity contribution in [2.45, 2.75) is 13.5 Å². The van der Waals surface area contributed by atoms with Crippen LogP contribution < -0.4 is 5.73 Å². The molecule has 0 spiro atoms. The number of nitrogens with two attached hydrogens (primary N) is 1. The third kappa shape index (κ3) is 2.46. The smallest absolute Gasteiger partial charge is 0.251 e. The van der Waals surface area contributed by atoms with Crippen LogP contribution in [0.1, 0.15) is 21.7 Å². The topological polar surface area (TPSA) is 76.2 Å². The van der Waals surface area contributed by atoms with Gasteiger partial charge in [0, 0.05) is 11.1 Å². The second kappa shape index (κ2) is 5.16. The summed E-state index contributed by atoms with van der Waals surface area (Å²) in [6, 6.07) is 7.55. The predicted octanol–water partition coefficient (Wildman–Crippen LogP) is 1.79. The summed E-state index contributed by atoms with van der Waals surface area (Å²) in [6.07, 6.45) is 0. The Morgan fingerprint density at radius 3 is 2.63 bits per heavy atom. The van der Waals surface area contributed by atoms with Gasteiger partial charge in [0.1, 0.15) is 5.82 Å². The van der Waals surface area contributed by atoms with Gasteiger partial charge in [-0.1, -0.05) is 18.2 Å². The molecule has 3 N–H and O–H groups in total. The van der Waals surface area contributed by atoms with Crippen LogP contribution in [0.2, 0.25) is 0 Å². The molecule has 2 aromatic rings. The number of hydrogen-bond donors (Lipinski definition) is 2. The summed E-state index contributed by atoms with van der Waals surface area (Å²) in [5, 5.41) is 9.16. The molecule has 1 heterocycles. The fraction of sp³-hybridized carbons (Fsp3) is 0.143. The van der Waals surface area contributed by atoms with Crippen molar-refractivity contribution in [3.63, 3.8) is 0 Å². The van der Waals surface area contributed by atoms with Crippen molar-refractivity contribution in [1.29, 1.82) is 0 Å². The summed E-state index contributed by atoms with van der Waals surface area (Å²) in [5.74, 6) is -1.13. The Hall–Kier alpha value is -2.27. The van der Waals surface area contributed by atoms with Crippen molar-refractivity contribution in [1.82, 2.24) is 4.98 Å². The quantitative estimate of drug-likeness (QED) is 0.883. The molecule has 2 rings (SSSR count). The van der Waals surface area contributed by atoms with E-state index in [-0.39, 0.29) is 17.7 Å². The highest BCUT2D eigenvalue weighted by Crippen LogP contribution is 2.28. The first-order chi connectivity index (χ1) is 9.04. The lowest BCUT2D eigenvalue weighted by Gasteiger charge is -2.12. The van der Waals surface area contributed by atoms with Crippen molar-refractivity contribution in [3.05, 3.63) is 53.1 Å². The zero-order valence-electron chi connectivity index (χ0n) is 10.4. The van der Waals surface area contributed by atoms with E-state index < -0.39 is 11.7 Å². The summed E-state index contributed by atoms with van der Waals surface area (Å²) in [6.45, 7) is 1.31. The molecule has 0 aliphatic carbocycles. The van der Waals surface area contributed by atoms with Crippen molar-refractivity contribution in [2.24, 2.45) is 5.73 Å². The van der Waals surface area contributed by atoms with E-state index in [1.807, 2.05) is 0 Å². The zero-order valence-corrected chi connectivity index (χ0v) is 10.4. The first-order valence-electron chi connectivity index (χ1n) is 5.70. The van der Waals surface area contributed by atoms with E-state index in [2.05, 4.69) is 4.98 Å². The van der Waals surface area contributed by atoms with Gasteiger partial charge in [-0.05, 0) is 19.1 Å². The zero-order chi connectivity index (χ0) is 14.0. The highest BCUT2D eigenvalue weighted by molar-refractivity contribution is 6.00. The molecule has 1 amide bonds. The molecule has 19 heavy (non-hydrogen) atoms. The van der Waals surface area contributed by atoms with Gasteiger partial charge < -0.3 is 10.8 Å². The van der Waals surface area contributed by atoms with Crippen molar-refractivity contribution >= 4 is 5.91 Å². The van der Waals surface area contributed by atoms with E-state index in [4.69, 9.17) is 10.8 Å². The molecule has 98 valence electrons. The lowest BCUT2D eigenvalue weighted by molar-refractivity contribution is 0.1000. The summed E-state index contributed by atoms with van der Waals surface area (Å²) in [7, 11) is 0. The maximum absolute atomic E-state index is 13.9. The van der Waals surface area contributed by atoms with Crippen LogP contribution in [-0.4, -0.2) is 16.0 Å². The van der Waals surface area contributed by atoms with Crippen LogP contribution in [-0.2, 0) is 6.61 Å². The van der Waals surface area contributed by atoms with Crippen molar-refractivity contribution in [2.75, 3.05) is 0 Å². The number of pyridine rings is 1. The molecule has 0 radical (unpaired) electrons.